The van der Waals surface area contributed by atoms with Gasteiger partial charge in [-0.25, -0.2) is 0 Å². The minimum Gasteiger partial charge on any atom is -0.545 e. The highest BCUT2D eigenvalue weighted by molar-refractivity contribution is 6.04. The van der Waals surface area contributed by atoms with Crippen molar-refractivity contribution < 1.29 is 24.2 Å². The number of carboxylic acids is 1. The molecule has 3 rings (SSSR count). The van der Waals surface area contributed by atoms with Crippen molar-refractivity contribution in [3.8, 4) is 11.1 Å². The van der Waals surface area contributed by atoms with Crippen LogP contribution < -0.4 is 5.11 Å². The van der Waals surface area contributed by atoms with Gasteiger partial charge in [-0.05, 0) is 37.0 Å². The second-order valence-electron chi connectivity index (χ2n) is 6.70. The topological polar surface area (TPSA) is 86.7 Å². The number of carbonyl (C=O) groups excluding carboxylic acids is 3. The van der Waals surface area contributed by atoms with E-state index in [1.807, 2.05) is 0 Å². The van der Waals surface area contributed by atoms with Gasteiger partial charge in [0.05, 0.1) is 18.5 Å². The Balaban J connectivity index is 1.84. The molecular weight excluding hydrogens is 358 g/mol. The predicted molar refractivity (Wildman–Crippen MR) is 101 cm³/mol. The van der Waals surface area contributed by atoms with Gasteiger partial charge in [0.15, 0.2) is 0 Å². The third-order valence-electron chi connectivity index (χ3n) is 5.00. The van der Waals surface area contributed by atoms with E-state index in [-0.39, 0.29) is 23.4 Å². The monoisotopic (exact) mass is 380 g/mol. The van der Waals surface area contributed by atoms with Crippen molar-refractivity contribution >= 4 is 17.8 Å². The Hall–Kier alpha value is -3.15. The van der Waals surface area contributed by atoms with Crippen LogP contribution in [0.4, 0.5) is 0 Å². The maximum absolute atomic E-state index is 13.1. The number of esters is 1. The molecule has 0 saturated carbocycles. The summed E-state index contributed by atoms with van der Waals surface area (Å²) in [5, 5.41) is 11.5. The number of hydrogen-bond donors (Lipinski definition) is 0. The first-order chi connectivity index (χ1) is 13.5. The number of ether oxygens (including phenoxy) is 1. The van der Waals surface area contributed by atoms with E-state index < -0.39 is 5.97 Å². The van der Waals surface area contributed by atoms with Gasteiger partial charge >= 0.3 is 5.97 Å². The number of aromatic carboxylic acids is 1. The van der Waals surface area contributed by atoms with Crippen LogP contribution in [0, 0.1) is 5.92 Å². The van der Waals surface area contributed by atoms with Crippen LogP contribution in [0.2, 0.25) is 0 Å². The Labute approximate surface area is 163 Å². The van der Waals surface area contributed by atoms with E-state index in [1.54, 1.807) is 54.3 Å². The molecule has 1 aliphatic heterocycles. The Kier molecular flexibility index (Phi) is 6.09. The van der Waals surface area contributed by atoms with E-state index in [0.29, 0.717) is 49.2 Å². The maximum atomic E-state index is 13.1. The minimum atomic E-state index is -1.28. The quantitative estimate of drug-likeness (QED) is 0.742. The van der Waals surface area contributed by atoms with Gasteiger partial charge in [0.1, 0.15) is 0 Å². The lowest BCUT2D eigenvalue weighted by Crippen LogP contribution is -2.40. The van der Waals surface area contributed by atoms with Crippen molar-refractivity contribution in [3.63, 3.8) is 0 Å². The number of likely N-dealkylation sites (tertiary alicyclic amines) is 1. The highest BCUT2D eigenvalue weighted by Crippen LogP contribution is 2.29. The molecule has 2 aromatic rings. The number of benzene rings is 2. The van der Waals surface area contributed by atoms with Crippen molar-refractivity contribution in [3.05, 3.63) is 59.7 Å². The van der Waals surface area contributed by atoms with Gasteiger partial charge in [-0.15, -0.1) is 0 Å². The van der Waals surface area contributed by atoms with Crippen molar-refractivity contribution in [2.45, 2.75) is 19.8 Å². The van der Waals surface area contributed by atoms with Crippen LogP contribution >= 0.6 is 0 Å². The molecule has 0 atom stereocenters. The van der Waals surface area contributed by atoms with Crippen molar-refractivity contribution in [1.82, 2.24) is 4.90 Å². The first-order valence-corrected chi connectivity index (χ1v) is 9.38. The maximum Gasteiger partial charge on any atom is 0.309 e. The SMILES string of the molecule is CCOC(=O)C1CCN(C(=O)c2ccccc2-c2ccccc2C(=O)[O-])CC1. The third-order valence-corrected chi connectivity index (χ3v) is 5.00. The van der Waals surface area contributed by atoms with Gasteiger partial charge < -0.3 is 19.5 Å². The van der Waals surface area contributed by atoms with Crippen molar-refractivity contribution in [2.75, 3.05) is 19.7 Å². The van der Waals surface area contributed by atoms with E-state index in [4.69, 9.17) is 4.74 Å². The number of carboxylic acid groups (broad SMARTS) is 1. The second-order valence-corrected chi connectivity index (χ2v) is 6.70. The van der Waals surface area contributed by atoms with Crippen LogP contribution in [0.1, 0.15) is 40.5 Å². The lowest BCUT2D eigenvalue weighted by molar-refractivity contribution is -0.254. The normalized spacial score (nSPS) is 14.5. The highest BCUT2D eigenvalue weighted by Gasteiger charge is 2.29. The van der Waals surface area contributed by atoms with Crippen molar-refractivity contribution in [1.29, 1.82) is 0 Å². The molecule has 0 spiro atoms. The Morgan fingerprint density at radius 2 is 1.50 bits per heavy atom. The highest BCUT2D eigenvalue weighted by atomic mass is 16.5. The molecule has 2 aromatic carbocycles. The fraction of sp³-hybridized carbons (Fsp3) is 0.318. The molecular formula is C22H22NO5-. The van der Waals surface area contributed by atoms with Crippen LogP contribution in [0.3, 0.4) is 0 Å². The molecule has 1 amide bonds. The summed E-state index contributed by atoms with van der Waals surface area (Å²) in [5.74, 6) is -1.85. The van der Waals surface area contributed by atoms with E-state index in [2.05, 4.69) is 0 Å². The lowest BCUT2D eigenvalue weighted by atomic mass is 9.93. The van der Waals surface area contributed by atoms with E-state index in [9.17, 15) is 19.5 Å². The average molecular weight is 380 g/mol. The van der Waals surface area contributed by atoms with Crippen LogP contribution in [0.5, 0.6) is 0 Å². The van der Waals surface area contributed by atoms with Crippen LogP contribution in [-0.4, -0.2) is 42.4 Å². The molecule has 0 unspecified atom stereocenters. The average Bonchev–Trinajstić information content (AvgIpc) is 2.73. The zero-order valence-electron chi connectivity index (χ0n) is 15.7. The van der Waals surface area contributed by atoms with Crippen LogP contribution in [0.25, 0.3) is 11.1 Å². The molecule has 6 heteroatoms. The standard InChI is InChI=1S/C22H23NO5/c1-2-28-22(27)15-11-13-23(14-12-15)20(24)18-9-5-3-7-16(18)17-8-4-6-10-19(17)21(25)26/h3-10,15H,2,11-14H2,1H3,(H,25,26)/p-1. The molecule has 0 N–H and O–H groups in total. The first kappa shape index (κ1) is 19.6. The molecule has 1 saturated heterocycles. The fourth-order valence-corrected chi connectivity index (χ4v) is 3.55. The molecule has 0 aromatic heterocycles. The van der Waals surface area contributed by atoms with Gasteiger partial charge in [0, 0.05) is 24.2 Å². The second kappa shape index (κ2) is 8.69. The van der Waals surface area contributed by atoms with Gasteiger partial charge in [-0.2, -0.15) is 0 Å². The summed E-state index contributed by atoms with van der Waals surface area (Å²) in [6.45, 7) is 3.04. The summed E-state index contributed by atoms with van der Waals surface area (Å²) in [6.07, 6.45) is 1.12. The molecule has 1 fully saturated rings. The largest absolute Gasteiger partial charge is 0.545 e. The van der Waals surface area contributed by atoms with Gasteiger partial charge in [0.2, 0.25) is 0 Å². The first-order valence-electron chi connectivity index (χ1n) is 9.38. The minimum absolute atomic E-state index is 0.0452. The Morgan fingerprint density at radius 1 is 0.964 bits per heavy atom. The summed E-state index contributed by atoms with van der Waals surface area (Å²) in [5.41, 5.74) is 1.49. The molecule has 1 heterocycles. The summed E-state index contributed by atoms with van der Waals surface area (Å²) in [7, 11) is 0. The number of rotatable bonds is 5. The summed E-state index contributed by atoms with van der Waals surface area (Å²) >= 11 is 0. The molecule has 146 valence electrons. The molecule has 0 bridgehead atoms. The summed E-state index contributed by atoms with van der Waals surface area (Å²) in [4.78, 5) is 38.2. The molecule has 0 aliphatic carbocycles. The number of hydrogen-bond acceptors (Lipinski definition) is 5. The number of piperidine rings is 1. The number of nitrogens with zero attached hydrogens (tertiary/aromatic N) is 1. The Bertz CT molecular complexity index is 884. The van der Waals surface area contributed by atoms with E-state index >= 15 is 0 Å². The number of amides is 1. The third kappa shape index (κ3) is 4.06. The van der Waals surface area contributed by atoms with Crippen LogP contribution in [-0.2, 0) is 9.53 Å². The molecule has 6 nitrogen and oxygen atoms in total. The van der Waals surface area contributed by atoms with Gasteiger partial charge in [-0.1, -0.05) is 42.5 Å². The zero-order chi connectivity index (χ0) is 20.1. The predicted octanol–water partition coefficient (Wildman–Crippen LogP) is 2.13. The number of carbonyl (C=O) groups is 3. The van der Waals surface area contributed by atoms with Gasteiger partial charge in [0.25, 0.3) is 5.91 Å². The fourth-order valence-electron chi connectivity index (χ4n) is 3.55. The smallest absolute Gasteiger partial charge is 0.309 e. The summed E-state index contributed by atoms with van der Waals surface area (Å²) < 4.78 is 5.07. The lowest BCUT2D eigenvalue weighted by Gasteiger charge is -2.31. The summed E-state index contributed by atoms with van der Waals surface area (Å²) in [6, 6.07) is 13.4. The van der Waals surface area contributed by atoms with E-state index in [1.165, 1.54) is 6.07 Å². The molecule has 0 radical (unpaired) electrons. The van der Waals surface area contributed by atoms with E-state index in [0.717, 1.165) is 0 Å². The molecule has 1 aliphatic rings. The Morgan fingerprint density at radius 3 is 2.07 bits per heavy atom. The molecule has 28 heavy (non-hydrogen) atoms. The van der Waals surface area contributed by atoms with Crippen LogP contribution in [0.15, 0.2) is 48.5 Å². The zero-order valence-corrected chi connectivity index (χ0v) is 15.7. The van der Waals surface area contributed by atoms with Crippen molar-refractivity contribution in [2.24, 2.45) is 5.92 Å². The van der Waals surface area contributed by atoms with Gasteiger partial charge in [-0.3, -0.25) is 9.59 Å².